The molecule has 1 saturated heterocycles. The molecule has 1 atom stereocenters. The number of thiophene rings is 1. The molecule has 142 valence electrons. The molecule has 1 N–H and O–H groups in total. The number of nitrogens with one attached hydrogen (secondary N) is 1. The van der Waals surface area contributed by atoms with Gasteiger partial charge in [-0.2, -0.15) is 0 Å². The maximum absolute atomic E-state index is 5.44. The molecular formula is C21H25N3OS2. The number of aromatic nitrogens is 1. The van der Waals surface area contributed by atoms with E-state index in [1.165, 1.54) is 21.1 Å². The van der Waals surface area contributed by atoms with E-state index in [1.807, 2.05) is 11.3 Å². The lowest BCUT2D eigenvalue weighted by molar-refractivity contribution is 0.122. The lowest BCUT2D eigenvalue weighted by Gasteiger charge is -2.29. The van der Waals surface area contributed by atoms with Gasteiger partial charge in [-0.15, -0.1) is 22.7 Å². The molecule has 0 spiro atoms. The van der Waals surface area contributed by atoms with E-state index in [0.717, 1.165) is 45.0 Å². The molecule has 1 aliphatic heterocycles. The summed E-state index contributed by atoms with van der Waals surface area (Å²) in [6, 6.07) is 13.5. The van der Waals surface area contributed by atoms with Crippen molar-refractivity contribution in [3.05, 3.63) is 68.3 Å². The van der Waals surface area contributed by atoms with Crippen LogP contribution in [0.4, 0.5) is 5.69 Å². The van der Waals surface area contributed by atoms with Gasteiger partial charge in [-0.3, -0.25) is 0 Å². The Morgan fingerprint density at radius 1 is 1.15 bits per heavy atom. The number of thiazole rings is 1. The minimum absolute atomic E-state index is 0.251. The predicted octanol–water partition coefficient (Wildman–Crippen LogP) is 4.42. The third-order valence-electron chi connectivity index (χ3n) is 4.79. The van der Waals surface area contributed by atoms with Crippen LogP contribution in [-0.4, -0.2) is 31.3 Å². The molecule has 27 heavy (non-hydrogen) atoms. The van der Waals surface area contributed by atoms with Crippen LogP contribution in [-0.2, 0) is 17.7 Å². The van der Waals surface area contributed by atoms with Crippen molar-refractivity contribution in [2.24, 2.45) is 0 Å². The van der Waals surface area contributed by atoms with Crippen molar-refractivity contribution in [1.29, 1.82) is 0 Å². The van der Waals surface area contributed by atoms with E-state index < -0.39 is 0 Å². The summed E-state index contributed by atoms with van der Waals surface area (Å²) in [6.45, 7) is 6.50. The number of morpholine rings is 1. The second-order valence-corrected chi connectivity index (χ2v) is 8.73. The van der Waals surface area contributed by atoms with Crippen LogP contribution in [0.1, 0.15) is 27.2 Å². The zero-order valence-electron chi connectivity index (χ0n) is 15.6. The molecule has 1 aliphatic rings. The van der Waals surface area contributed by atoms with Gasteiger partial charge in [0.2, 0.25) is 0 Å². The van der Waals surface area contributed by atoms with E-state index in [9.17, 15) is 0 Å². The van der Waals surface area contributed by atoms with E-state index in [2.05, 4.69) is 64.3 Å². The first-order valence-corrected chi connectivity index (χ1v) is 11.1. The van der Waals surface area contributed by atoms with Gasteiger partial charge in [0.15, 0.2) is 0 Å². The highest BCUT2D eigenvalue weighted by Gasteiger charge is 2.16. The Morgan fingerprint density at radius 2 is 1.96 bits per heavy atom. The highest BCUT2D eigenvalue weighted by atomic mass is 32.1. The number of rotatable bonds is 7. The highest BCUT2D eigenvalue weighted by Crippen LogP contribution is 2.25. The van der Waals surface area contributed by atoms with Crippen molar-refractivity contribution in [3.8, 4) is 0 Å². The molecular weight excluding hydrogens is 374 g/mol. The first kappa shape index (κ1) is 18.6. The standard InChI is InChI=1S/C21H25N3OS2/c1-16-15-27-21(23-16)20(13-19-3-2-12-26-19)22-14-17-4-6-18(7-5-17)24-8-10-25-11-9-24/h2-7,12,15,20,22H,8-11,13-14H2,1H3/t20-/m1/s1. The van der Waals surface area contributed by atoms with Gasteiger partial charge >= 0.3 is 0 Å². The molecule has 0 unspecified atom stereocenters. The van der Waals surface area contributed by atoms with Crippen molar-refractivity contribution in [1.82, 2.24) is 10.3 Å². The predicted molar refractivity (Wildman–Crippen MR) is 114 cm³/mol. The highest BCUT2D eigenvalue weighted by molar-refractivity contribution is 7.10. The monoisotopic (exact) mass is 399 g/mol. The first-order valence-electron chi connectivity index (χ1n) is 9.37. The second-order valence-electron chi connectivity index (χ2n) is 6.81. The van der Waals surface area contributed by atoms with Crippen molar-refractivity contribution in [3.63, 3.8) is 0 Å². The zero-order chi connectivity index (χ0) is 18.5. The Morgan fingerprint density at radius 3 is 2.63 bits per heavy atom. The van der Waals surface area contributed by atoms with Crippen molar-refractivity contribution in [2.75, 3.05) is 31.2 Å². The van der Waals surface area contributed by atoms with Gasteiger partial charge in [-0.05, 0) is 36.1 Å². The van der Waals surface area contributed by atoms with Crippen LogP contribution < -0.4 is 10.2 Å². The molecule has 0 aliphatic carbocycles. The summed E-state index contributed by atoms with van der Waals surface area (Å²) in [6.07, 6.45) is 0.983. The first-order chi connectivity index (χ1) is 13.3. The van der Waals surface area contributed by atoms with Crippen molar-refractivity contribution < 1.29 is 4.74 Å². The summed E-state index contributed by atoms with van der Waals surface area (Å²) in [4.78, 5) is 8.50. The van der Waals surface area contributed by atoms with E-state index in [1.54, 1.807) is 11.3 Å². The van der Waals surface area contributed by atoms with Gasteiger partial charge in [0.1, 0.15) is 5.01 Å². The van der Waals surface area contributed by atoms with Gasteiger partial charge in [0.25, 0.3) is 0 Å². The molecule has 2 aromatic heterocycles. The van der Waals surface area contributed by atoms with Crippen LogP contribution in [0.25, 0.3) is 0 Å². The topological polar surface area (TPSA) is 37.4 Å². The molecule has 1 aromatic carbocycles. The van der Waals surface area contributed by atoms with E-state index in [-0.39, 0.29) is 6.04 Å². The number of hydrogen-bond acceptors (Lipinski definition) is 6. The average molecular weight is 400 g/mol. The molecule has 0 bridgehead atoms. The molecule has 0 amide bonds. The Labute approximate surface area is 168 Å². The van der Waals surface area contributed by atoms with Crippen LogP contribution in [0, 0.1) is 6.92 Å². The maximum atomic E-state index is 5.44. The molecule has 1 fully saturated rings. The average Bonchev–Trinajstić information content (AvgIpc) is 3.38. The molecule has 0 radical (unpaired) electrons. The number of aryl methyl sites for hydroxylation is 1. The molecule has 3 heterocycles. The lowest BCUT2D eigenvalue weighted by Crippen LogP contribution is -2.36. The number of anilines is 1. The van der Waals surface area contributed by atoms with E-state index >= 15 is 0 Å². The van der Waals surface area contributed by atoms with Crippen LogP contribution in [0.5, 0.6) is 0 Å². The summed E-state index contributed by atoms with van der Waals surface area (Å²) in [5.74, 6) is 0. The summed E-state index contributed by atoms with van der Waals surface area (Å²) < 4.78 is 5.44. The Bertz CT molecular complexity index is 824. The van der Waals surface area contributed by atoms with Crippen molar-refractivity contribution in [2.45, 2.75) is 25.9 Å². The molecule has 3 aromatic rings. The summed E-state index contributed by atoms with van der Waals surface area (Å²) in [5.41, 5.74) is 3.69. The Kier molecular flexibility index (Phi) is 6.19. The molecule has 4 nitrogen and oxygen atoms in total. The zero-order valence-corrected chi connectivity index (χ0v) is 17.2. The number of nitrogens with zero attached hydrogens (tertiary/aromatic N) is 2. The van der Waals surface area contributed by atoms with Crippen LogP contribution in [0.3, 0.4) is 0 Å². The molecule has 0 saturated carbocycles. The third kappa shape index (κ3) is 4.96. The van der Waals surface area contributed by atoms with E-state index in [0.29, 0.717) is 0 Å². The van der Waals surface area contributed by atoms with Gasteiger partial charge in [-0.1, -0.05) is 18.2 Å². The van der Waals surface area contributed by atoms with Crippen LogP contribution in [0.2, 0.25) is 0 Å². The van der Waals surface area contributed by atoms with Gasteiger partial charge in [0.05, 0.1) is 19.3 Å². The normalized spacial score (nSPS) is 15.8. The fourth-order valence-electron chi connectivity index (χ4n) is 3.30. The Balaban J connectivity index is 1.40. The molecule has 4 rings (SSSR count). The third-order valence-corrected chi connectivity index (χ3v) is 6.76. The minimum Gasteiger partial charge on any atom is -0.378 e. The Hall–Kier alpha value is -1.73. The fraction of sp³-hybridized carbons (Fsp3) is 0.381. The minimum atomic E-state index is 0.251. The number of benzene rings is 1. The van der Waals surface area contributed by atoms with Gasteiger partial charge in [-0.25, -0.2) is 4.98 Å². The lowest BCUT2D eigenvalue weighted by atomic mass is 10.1. The SMILES string of the molecule is Cc1csc([C@@H](Cc2cccs2)NCc2ccc(N3CCOCC3)cc2)n1. The quantitative estimate of drug-likeness (QED) is 0.638. The van der Waals surface area contributed by atoms with Gasteiger partial charge < -0.3 is 15.0 Å². The maximum Gasteiger partial charge on any atom is 0.110 e. The van der Waals surface area contributed by atoms with Crippen LogP contribution in [0.15, 0.2) is 47.2 Å². The van der Waals surface area contributed by atoms with Crippen LogP contribution >= 0.6 is 22.7 Å². The smallest absolute Gasteiger partial charge is 0.110 e. The second kappa shape index (κ2) is 8.97. The number of ether oxygens (including phenoxy) is 1. The van der Waals surface area contributed by atoms with Gasteiger partial charge in [0, 0.05) is 47.7 Å². The molecule has 6 heteroatoms. The summed E-state index contributed by atoms with van der Waals surface area (Å²) >= 11 is 3.56. The summed E-state index contributed by atoms with van der Waals surface area (Å²) in [7, 11) is 0. The largest absolute Gasteiger partial charge is 0.378 e. The van der Waals surface area contributed by atoms with E-state index in [4.69, 9.17) is 9.72 Å². The number of hydrogen-bond donors (Lipinski definition) is 1. The fourth-order valence-corrected chi connectivity index (χ4v) is 4.92. The summed E-state index contributed by atoms with van der Waals surface area (Å²) in [5, 5.41) is 9.17. The van der Waals surface area contributed by atoms with Crippen molar-refractivity contribution >= 4 is 28.4 Å².